The molecule has 0 aromatic heterocycles. The van der Waals surface area contributed by atoms with E-state index in [9.17, 15) is 9.59 Å². The second-order valence-electron chi connectivity index (χ2n) is 12.7. The first kappa shape index (κ1) is 25.2. The Bertz CT molecular complexity index is 686. The highest BCUT2D eigenvalue weighted by atomic mass is 16.5. The molecule has 0 aromatic rings. The molecule has 0 aromatic carbocycles. The van der Waals surface area contributed by atoms with Gasteiger partial charge in [0.15, 0.2) is 0 Å². The first-order valence-electron chi connectivity index (χ1n) is 14.6. The molecule has 0 amide bonds. The summed E-state index contributed by atoms with van der Waals surface area (Å²) >= 11 is 0. The third kappa shape index (κ3) is 5.22. The Morgan fingerprint density at radius 2 is 1.61 bits per heavy atom. The minimum Gasteiger partial charge on any atom is -0.462 e. The zero-order valence-corrected chi connectivity index (χ0v) is 21.8. The highest BCUT2D eigenvalue weighted by molar-refractivity contribution is 5.87. The fourth-order valence-electron chi connectivity index (χ4n) is 8.74. The summed E-state index contributed by atoms with van der Waals surface area (Å²) in [4.78, 5) is 25.1. The quantitative estimate of drug-likeness (QED) is 0.246. The molecule has 0 unspecified atom stereocenters. The molecule has 0 radical (unpaired) electrons. The van der Waals surface area contributed by atoms with Gasteiger partial charge in [0.05, 0.1) is 0 Å². The minimum atomic E-state index is -0.0212. The van der Waals surface area contributed by atoms with Crippen molar-refractivity contribution in [1.82, 2.24) is 0 Å². The number of Topliss-reactive ketones (excluding diaryl/α,β-unsaturated/α-hetero) is 1. The molecule has 0 heterocycles. The average molecular weight is 459 g/mol. The van der Waals surface area contributed by atoms with Crippen molar-refractivity contribution in [1.29, 1.82) is 0 Å². The molecule has 0 spiro atoms. The van der Waals surface area contributed by atoms with Crippen LogP contribution in [0.2, 0.25) is 0 Å². The average Bonchev–Trinajstić information content (AvgIpc) is 3.10. The van der Waals surface area contributed by atoms with E-state index in [1.165, 1.54) is 64.2 Å². The molecule has 7 atom stereocenters. The van der Waals surface area contributed by atoms with E-state index in [4.69, 9.17) is 4.74 Å². The summed E-state index contributed by atoms with van der Waals surface area (Å²) in [7, 11) is 0. The van der Waals surface area contributed by atoms with Crippen molar-refractivity contribution in [2.45, 2.75) is 142 Å². The van der Waals surface area contributed by atoms with Crippen LogP contribution in [0.4, 0.5) is 0 Å². The lowest BCUT2D eigenvalue weighted by Gasteiger charge is -2.60. The number of unbranched alkanes of at least 4 members (excludes halogenated alkanes) is 7. The Hall–Kier alpha value is -0.860. The standard InChI is InChI=1S/C30H50O3/c1-4-5-6-7-8-9-10-11-12-28(32)33-23-17-19-29(2)22(21-23)13-14-24-25-15-16-27(31)30(25,3)20-18-26(24)29/h22-26H,4-21H2,1-3H3/t22-,23-,24-,25-,26-,29-,30-/m0/s1. The van der Waals surface area contributed by atoms with E-state index in [1.54, 1.807) is 0 Å². The van der Waals surface area contributed by atoms with Crippen molar-refractivity contribution in [2.24, 2.45) is 34.5 Å². The highest BCUT2D eigenvalue weighted by Gasteiger charge is 2.60. The Balaban J connectivity index is 1.21. The summed E-state index contributed by atoms with van der Waals surface area (Å²) in [6.45, 7) is 7.08. The minimum absolute atomic E-state index is 0.0212. The van der Waals surface area contributed by atoms with Gasteiger partial charge in [-0.3, -0.25) is 9.59 Å². The molecule has 188 valence electrons. The van der Waals surface area contributed by atoms with Crippen LogP contribution in [0.15, 0.2) is 0 Å². The summed E-state index contributed by atoms with van der Waals surface area (Å²) in [6.07, 6.45) is 21.0. The van der Waals surface area contributed by atoms with Gasteiger partial charge in [0.1, 0.15) is 11.9 Å². The molecule has 3 nitrogen and oxygen atoms in total. The molecule has 4 aliphatic carbocycles. The zero-order valence-electron chi connectivity index (χ0n) is 21.8. The number of esters is 1. The molecule has 4 fully saturated rings. The summed E-state index contributed by atoms with van der Waals surface area (Å²) < 4.78 is 6.00. The highest BCUT2D eigenvalue weighted by Crippen LogP contribution is 2.65. The van der Waals surface area contributed by atoms with Crippen molar-refractivity contribution in [3.63, 3.8) is 0 Å². The van der Waals surface area contributed by atoms with Crippen LogP contribution in [-0.2, 0) is 14.3 Å². The van der Waals surface area contributed by atoms with Gasteiger partial charge in [-0.1, -0.05) is 65.7 Å². The van der Waals surface area contributed by atoms with Crippen LogP contribution in [0.5, 0.6) is 0 Å². The van der Waals surface area contributed by atoms with Crippen molar-refractivity contribution >= 4 is 11.8 Å². The van der Waals surface area contributed by atoms with Crippen molar-refractivity contribution in [3.05, 3.63) is 0 Å². The summed E-state index contributed by atoms with van der Waals surface area (Å²) in [5.41, 5.74) is 0.364. The van der Waals surface area contributed by atoms with E-state index in [-0.39, 0.29) is 17.5 Å². The molecule has 0 bridgehead atoms. The molecule has 0 aliphatic heterocycles. The fraction of sp³-hybridized carbons (Fsp3) is 0.933. The SMILES string of the molecule is CCCCCCCCCCC(=O)O[C@H]1CC[C@@]2(C)[C@@H](CC[C@@H]3[C@@H]2CC[C@]2(C)C(=O)CC[C@@H]32)C1. The molecule has 4 rings (SSSR count). The van der Waals surface area contributed by atoms with E-state index < -0.39 is 0 Å². The second-order valence-corrected chi connectivity index (χ2v) is 12.7. The van der Waals surface area contributed by atoms with Crippen molar-refractivity contribution in [2.75, 3.05) is 0 Å². The number of carbonyl (C=O) groups is 2. The number of fused-ring (bicyclic) bond motifs is 5. The van der Waals surface area contributed by atoms with Gasteiger partial charge >= 0.3 is 5.97 Å². The summed E-state index contributed by atoms with van der Waals surface area (Å²) in [5, 5.41) is 0. The summed E-state index contributed by atoms with van der Waals surface area (Å²) in [6, 6.07) is 0. The predicted octanol–water partition coefficient (Wildman–Crippen LogP) is 8.04. The van der Waals surface area contributed by atoms with Gasteiger partial charge in [0.2, 0.25) is 0 Å². The van der Waals surface area contributed by atoms with Gasteiger partial charge in [-0.2, -0.15) is 0 Å². The lowest BCUT2D eigenvalue weighted by Crippen LogP contribution is -2.54. The number of ether oxygens (including phenoxy) is 1. The molecule has 3 heteroatoms. The Morgan fingerprint density at radius 3 is 2.36 bits per heavy atom. The molecule has 0 saturated heterocycles. The fourth-order valence-corrected chi connectivity index (χ4v) is 8.74. The van der Waals surface area contributed by atoms with Crippen LogP contribution in [0.25, 0.3) is 0 Å². The lowest BCUT2D eigenvalue weighted by atomic mass is 9.45. The maximum Gasteiger partial charge on any atom is 0.306 e. The van der Waals surface area contributed by atoms with Gasteiger partial charge < -0.3 is 4.74 Å². The van der Waals surface area contributed by atoms with Gasteiger partial charge in [-0.25, -0.2) is 0 Å². The van der Waals surface area contributed by atoms with Crippen molar-refractivity contribution < 1.29 is 14.3 Å². The largest absolute Gasteiger partial charge is 0.462 e. The van der Waals surface area contributed by atoms with Crippen LogP contribution < -0.4 is 0 Å². The van der Waals surface area contributed by atoms with E-state index in [0.29, 0.717) is 29.5 Å². The number of hydrogen-bond donors (Lipinski definition) is 0. The summed E-state index contributed by atoms with van der Waals surface area (Å²) in [5.74, 6) is 3.43. The first-order chi connectivity index (χ1) is 15.9. The van der Waals surface area contributed by atoms with E-state index >= 15 is 0 Å². The number of hydrogen-bond acceptors (Lipinski definition) is 3. The zero-order chi connectivity index (χ0) is 23.5. The Labute approximate surface area is 203 Å². The maximum absolute atomic E-state index is 12.6. The molecular weight excluding hydrogens is 408 g/mol. The van der Waals surface area contributed by atoms with Crippen LogP contribution in [-0.4, -0.2) is 17.9 Å². The third-order valence-corrected chi connectivity index (χ3v) is 10.9. The molecule has 4 aliphatic rings. The van der Waals surface area contributed by atoms with Crippen LogP contribution >= 0.6 is 0 Å². The third-order valence-electron chi connectivity index (χ3n) is 10.9. The lowest BCUT2D eigenvalue weighted by molar-refractivity contribution is -0.162. The van der Waals surface area contributed by atoms with Gasteiger partial charge in [0.25, 0.3) is 0 Å². The smallest absolute Gasteiger partial charge is 0.306 e. The van der Waals surface area contributed by atoms with E-state index in [1.807, 2.05) is 0 Å². The van der Waals surface area contributed by atoms with Gasteiger partial charge in [0, 0.05) is 18.3 Å². The Morgan fingerprint density at radius 1 is 0.879 bits per heavy atom. The Kier molecular flexibility index (Phi) is 8.27. The number of carbonyl (C=O) groups excluding carboxylic acids is 2. The molecule has 33 heavy (non-hydrogen) atoms. The monoisotopic (exact) mass is 458 g/mol. The molecular formula is C30H50O3. The van der Waals surface area contributed by atoms with Gasteiger partial charge in [-0.15, -0.1) is 0 Å². The normalized spacial score (nSPS) is 40.1. The van der Waals surface area contributed by atoms with Crippen LogP contribution in [0.1, 0.15) is 136 Å². The second kappa shape index (κ2) is 10.8. The van der Waals surface area contributed by atoms with E-state index in [0.717, 1.165) is 56.8 Å². The molecule has 0 N–H and O–H groups in total. The van der Waals surface area contributed by atoms with Gasteiger partial charge in [-0.05, 0) is 86.9 Å². The number of rotatable bonds is 10. The number of ketones is 1. The first-order valence-corrected chi connectivity index (χ1v) is 14.6. The van der Waals surface area contributed by atoms with Crippen molar-refractivity contribution in [3.8, 4) is 0 Å². The van der Waals surface area contributed by atoms with Crippen LogP contribution in [0.3, 0.4) is 0 Å². The maximum atomic E-state index is 12.6. The van der Waals surface area contributed by atoms with Crippen LogP contribution in [0, 0.1) is 34.5 Å². The predicted molar refractivity (Wildman–Crippen MR) is 134 cm³/mol. The molecule has 4 saturated carbocycles. The van der Waals surface area contributed by atoms with E-state index in [2.05, 4.69) is 20.8 Å². The topological polar surface area (TPSA) is 43.4 Å².